The number of carboxylic acid groups (broad SMARTS) is 1. The van der Waals surface area contributed by atoms with E-state index in [0.717, 1.165) is 5.56 Å². The second-order valence-corrected chi connectivity index (χ2v) is 6.51. The predicted molar refractivity (Wildman–Crippen MR) is 77.9 cm³/mol. The Morgan fingerprint density at radius 1 is 1.32 bits per heavy atom. The molecule has 0 aliphatic heterocycles. The summed E-state index contributed by atoms with van der Waals surface area (Å²) in [6.45, 7) is 2.94. The molecule has 1 heterocycles. The molecule has 0 bridgehead atoms. The van der Waals surface area contributed by atoms with Gasteiger partial charge in [-0.1, -0.05) is 35.5 Å². The largest absolute Gasteiger partial charge is 0.480 e. The highest BCUT2D eigenvalue weighted by atomic mass is 32.2. The van der Waals surface area contributed by atoms with E-state index < -0.39 is 22.0 Å². The van der Waals surface area contributed by atoms with Gasteiger partial charge in [0.1, 0.15) is 16.6 Å². The minimum absolute atomic E-state index is 0.0405. The lowest BCUT2D eigenvalue weighted by atomic mass is 10.1. The average molecular weight is 324 g/mol. The van der Waals surface area contributed by atoms with Crippen molar-refractivity contribution in [2.45, 2.75) is 31.2 Å². The number of nitrogens with zero attached hydrogens (tertiary/aromatic N) is 1. The van der Waals surface area contributed by atoms with Crippen molar-refractivity contribution >= 4 is 16.0 Å². The minimum atomic E-state index is -4.03. The van der Waals surface area contributed by atoms with Crippen LogP contribution in [0.15, 0.2) is 39.8 Å². The Bertz CT molecular complexity index is 748. The van der Waals surface area contributed by atoms with E-state index >= 15 is 0 Å². The van der Waals surface area contributed by atoms with Gasteiger partial charge in [-0.2, -0.15) is 4.72 Å². The first-order chi connectivity index (χ1) is 10.3. The van der Waals surface area contributed by atoms with E-state index in [1.165, 1.54) is 13.8 Å². The standard InChI is InChI=1S/C14H16N2O5S/c1-9-13(10(2)21-15-9)22(19,20)16-12(14(17)18)8-11-6-4-3-5-7-11/h3-7,12,16H,8H2,1-2H3,(H,17,18)/t12-/m1/s1. The van der Waals surface area contributed by atoms with Crippen LogP contribution in [0.1, 0.15) is 17.0 Å². The molecule has 0 aliphatic rings. The fraction of sp³-hybridized carbons (Fsp3) is 0.286. The molecule has 0 unspecified atom stereocenters. The summed E-state index contributed by atoms with van der Waals surface area (Å²) in [5.74, 6) is -1.13. The van der Waals surface area contributed by atoms with E-state index in [0.29, 0.717) is 0 Å². The van der Waals surface area contributed by atoms with E-state index in [9.17, 15) is 18.3 Å². The summed E-state index contributed by atoms with van der Waals surface area (Å²) in [5.41, 5.74) is 0.908. The van der Waals surface area contributed by atoms with Crippen LogP contribution in [0, 0.1) is 13.8 Å². The molecule has 22 heavy (non-hydrogen) atoms. The molecule has 0 amide bonds. The molecule has 118 valence electrons. The first-order valence-electron chi connectivity index (χ1n) is 6.53. The summed E-state index contributed by atoms with van der Waals surface area (Å²) < 4.78 is 31.8. The number of sulfonamides is 1. The van der Waals surface area contributed by atoms with Crippen LogP contribution < -0.4 is 4.72 Å². The van der Waals surface area contributed by atoms with Crippen molar-refractivity contribution in [3.05, 3.63) is 47.3 Å². The Kier molecular flexibility index (Phi) is 4.62. The maximum Gasteiger partial charge on any atom is 0.322 e. The van der Waals surface area contributed by atoms with Gasteiger partial charge >= 0.3 is 5.97 Å². The summed E-state index contributed by atoms with van der Waals surface area (Å²) in [5, 5.41) is 12.8. The van der Waals surface area contributed by atoms with E-state index in [1.807, 2.05) is 0 Å². The number of carboxylic acids is 1. The number of aliphatic carboxylic acids is 1. The van der Waals surface area contributed by atoms with Crippen LogP contribution in [0.25, 0.3) is 0 Å². The fourth-order valence-corrected chi connectivity index (χ4v) is 3.65. The Morgan fingerprint density at radius 3 is 2.45 bits per heavy atom. The number of carbonyl (C=O) groups is 1. The Balaban J connectivity index is 2.26. The highest BCUT2D eigenvalue weighted by Crippen LogP contribution is 2.19. The Labute approximate surface area is 128 Å². The van der Waals surface area contributed by atoms with Crippen molar-refractivity contribution in [2.75, 3.05) is 0 Å². The van der Waals surface area contributed by atoms with Gasteiger partial charge in [-0.15, -0.1) is 0 Å². The first kappa shape index (κ1) is 16.2. The van der Waals surface area contributed by atoms with Gasteiger partial charge in [0.05, 0.1) is 0 Å². The van der Waals surface area contributed by atoms with Crippen LogP contribution >= 0.6 is 0 Å². The SMILES string of the molecule is Cc1noc(C)c1S(=O)(=O)N[C@H](Cc1ccccc1)C(=O)O. The van der Waals surface area contributed by atoms with Crippen molar-refractivity contribution in [1.82, 2.24) is 9.88 Å². The summed E-state index contributed by atoms with van der Waals surface area (Å²) in [6, 6.07) is 7.52. The third-order valence-corrected chi connectivity index (χ3v) is 4.83. The number of nitrogens with one attached hydrogen (secondary N) is 1. The third kappa shape index (κ3) is 3.52. The van der Waals surface area contributed by atoms with Crippen molar-refractivity contribution in [3.63, 3.8) is 0 Å². The van der Waals surface area contributed by atoms with Crippen LogP contribution in [0.5, 0.6) is 0 Å². The molecular weight excluding hydrogens is 308 g/mol. The summed E-state index contributed by atoms with van der Waals surface area (Å²) in [4.78, 5) is 11.2. The molecule has 1 aromatic carbocycles. The highest BCUT2D eigenvalue weighted by molar-refractivity contribution is 7.89. The zero-order valence-electron chi connectivity index (χ0n) is 12.1. The number of hydrogen-bond acceptors (Lipinski definition) is 5. The topological polar surface area (TPSA) is 110 Å². The van der Waals surface area contributed by atoms with Gasteiger partial charge in [-0.05, 0) is 25.8 Å². The first-order valence-corrected chi connectivity index (χ1v) is 8.01. The molecule has 2 N–H and O–H groups in total. The molecule has 0 fully saturated rings. The number of rotatable bonds is 6. The smallest absolute Gasteiger partial charge is 0.322 e. The van der Waals surface area contributed by atoms with Gasteiger partial charge in [0.2, 0.25) is 10.0 Å². The van der Waals surface area contributed by atoms with Crippen molar-refractivity contribution in [2.24, 2.45) is 0 Å². The van der Waals surface area contributed by atoms with Crippen molar-refractivity contribution in [3.8, 4) is 0 Å². The second-order valence-electron chi connectivity index (χ2n) is 4.86. The van der Waals surface area contributed by atoms with E-state index in [4.69, 9.17) is 4.52 Å². The van der Waals surface area contributed by atoms with Gasteiger partial charge in [0.25, 0.3) is 0 Å². The van der Waals surface area contributed by atoms with Crippen LogP contribution in [0.2, 0.25) is 0 Å². The summed E-state index contributed by atoms with van der Waals surface area (Å²) >= 11 is 0. The molecule has 0 saturated carbocycles. The molecule has 1 aromatic heterocycles. The lowest BCUT2D eigenvalue weighted by molar-refractivity contribution is -0.138. The monoisotopic (exact) mass is 324 g/mol. The Hall–Kier alpha value is -2.19. The molecule has 0 saturated heterocycles. The summed E-state index contributed by atoms with van der Waals surface area (Å²) in [7, 11) is -4.03. The van der Waals surface area contributed by atoms with Crippen LogP contribution in [0.4, 0.5) is 0 Å². The van der Waals surface area contributed by atoms with Gasteiger partial charge < -0.3 is 9.63 Å². The predicted octanol–water partition coefficient (Wildman–Crippen LogP) is 1.27. The molecule has 2 aromatic rings. The molecule has 7 nitrogen and oxygen atoms in total. The molecule has 2 rings (SSSR count). The number of aromatic nitrogens is 1. The maximum atomic E-state index is 12.4. The van der Waals surface area contributed by atoms with Crippen LogP contribution in [0.3, 0.4) is 0 Å². The lowest BCUT2D eigenvalue weighted by Gasteiger charge is -2.14. The molecule has 0 aliphatic carbocycles. The van der Waals surface area contributed by atoms with E-state index in [2.05, 4.69) is 9.88 Å². The maximum absolute atomic E-state index is 12.4. The highest BCUT2D eigenvalue weighted by Gasteiger charge is 2.30. The van der Waals surface area contributed by atoms with Gasteiger partial charge in [-0.25, -0.2) is 8.42 Å². The van der Waals surface area contributed by atoms with Crippen molar-refractivity contribution < 1.29 is 22.8 Å². The number of aryl methyl sites for hydroxylation is 2. The zero-order valence-corrected chi connectivity index (χ0v) is 12.9. The molecule has 0 spiro atoms. The van der Waals surface area contributed by atoms with Gasteiger partial charge in [0.15, 0.2) is 5.76 Å². The molecular formula is C14H16N2O5S. The van der Waals surface area contributed by atoms with Crippen LogP contribution in [-0.4, -0.2) is 30.7 Å². The Morgan fingerprint density at radius 2 is 1.95 bits per heavy atom. The molecule has 0 radical (unpaired) electrons. The van der Waals surface area contributed by atoms with E-state index in [1.54, 1.807) is 30.3 Å². The number of benzene rings is 1. The second kappa shape index (κ2) is 6.29. The number of hydrogen-bond donors (Lipinski definition) is 2. The van der Waals surface area contributed by atoms with Crippen molar-refractivity contribution in [1.29, 1.82) is 0 Å². The quantitative estimate of drug-likeness (QED) is 0.828. The average Bonchev–Trinajstić information content (AvgIpc) is 2.79. The minimum Gasteiger partial charge on any atom is -0.480 e. The molecule has 1 atom stereocenters. The lowest BCUT2D eigenvalue weighted by Crippen LogP contribution is -2.42. The van der Waals surface area contributed by atoms with Gasteiger partial charge in [0, 0.05) is 0 Å². The zero-order chi connectivity index (χ0) is 16.3. The summed E-state index contributed by atoms with van der Waals surface area (Å²) in [6.07, 6.45) is 0.0405. The van der Waals surface area contributed by atoms with Gasteiger partial charge in [-0.3, -0.25) is 4.79 Å². The normalized spacial score (nSPS) is 13.0. The third-order valence-electron chi connectivity index (χ3n) is 3.11. The molecule has 8 heteroatoms. The van der Waals surface area contributed by atoms with E-state index in [-0.39, 0.29) is 22.8 Å². The fourth-order valence-electron chi connectivity index (χ4n) is 2.13. The van der Waals surface area contributed by atoms with Crippen LogP contribution in [-0.2, 0) is 21.2 Å².